The van der Waals surface area contributed by atoms with E-state index in [9.17, 15) is 0 Å². The molecule has 1 heteroatoms. The normalized spacial score (nSPS) is 22.4. The monoisotopic (exact) mass is 288 g/mol. The molecule has 0 amide bonds. The van der Waals surface area contributed by atoms with Crippen LogP contribution in [0.4, 0.5) is 0 Å². The Morgan fingerprint density at radius 1 is 0.905 bits per heavy atom. The van der Waals surface area contributed by atoms with Gasteiger partial charge in [-0.25, -0.2) is 0 Å². The van der Waals surface area contributed by atoms with E-state index < -0.39 is 0 Å². The van der Waals surface area contributed by atoms with Gasteiger partial charge in [0.1, 0.15) is 0 Å². The molecule has 1 aromatic carbocycles. The van der Waals surface area contributed by atoms with Gasteiger partial charge < -0.3 is 5.11 Å². The van der Waals surface area contributed by atoms with Crippen molar-refractivity contribution in [1.29, 1.82) is 0 Å². The van der Waals surface area contributed by atoms with Crippen LogP contribution in [0.2, 0.25) is 0 Å². The highest BCUT2D eigenvalue weighted by Crippen LogP contribution is 2.37. The van der Waals surface area contributed by atoms with E-state index in [-0.39, 0.29) is 6.61 Å². The lowest BCUT2D eigenvalue weighted by atomic mass is 9.77. The Hall–Kier alpha value is -0.820. The van der Waals surface area contributed by atoms with Gasteiger partial charge in [-0.2, -0.15) is 0 Å². The molecule has 1 N–H and O–H groups in total. The van der Waals surface area contributed by atoms with Crippen LogP contribution in [0.25, 0.3) is 0 Å². The SMILES string of the molecule is CCCCCCCC1CCC(c2ccc(CO)cc2)CC1. The summed E-state index contributed by atoms with van der Waals surface area (Å²) in [5, 5.41) is 9.11. The fraction of sp³-hybridized carbons (Fsp3) is 0.700. The molecule has 0 radical (unpaired) electrons. The third kappa shape index (κ3) is 5.47. The molecule has 0 atom stereocenters. The van der Waals surface area contributed by atoms with Crippen LogP contribution in [0.5, 0.6) is 0 Å². The number of hydrogen-bond donors (Lipinski definition) is 1. The van der Waals surface area contributed by atoms with Crippen LogP contribution in [0.1, 0.15) is 88.2 Å². The van der Waals surface area contributed by atoms with Crippen LogP contribution in [0, 0.1) is 5.92 Å². The molecular weight excluding hydrogens is 256 g/mol. The summed E-state index contributed by atoms with van der Waals surface area (Å²) in [7, 11) is 0. The second-order valence-electron chi connectivity index (χ2n) is 6.82. The van der Waals surface area contributed by atoms with Crippen molar-refractivity contribution in [1.82, 2.24) is 0 Å². The summed E-state index contributed by atoms with van der Waals surface area (Å²) < 4.78 is 0. The largest absolute Gasteiger partial charge is 0.392 e. The molecule has 1 fully saturated rings. The van der Waals surface area contributed by atoms with E-state index in [1.54, 1.807) is 0 Å². The number of rotatable bonds is 8. The van der Waals surface area contributed by atoms with Crippen molar-refractivity contribution in [3.05, 3.63) is 35.4 Å². The summed E-state index contributed by atoms with van der Waals surface area (Å²) in [6.07, 6.45) is 14.1. The Bertz CT molecular complexity index is 373. The third-order valence-electron chi connectivity index (χ3n) is 5.20. The first-order valence-corrected chi connectivity index (χ1v) is 9.03. The molecule has 0 spiro atoms. The van der Waals surface area contributed by atoms with Crippen LogP contribution >= 0.6 is 0 Å². The van der Waals surface area contributed by atoms with Crippen molar-refractivity contribution in [2.45, 2.75) is 83.7 Å². The quantitative estimate of drug-likeness (QED) is 0.598. The van der Waals surface area contributed by atoms with Crippen molar-refractivity contribution in [3.8, 4) is 0 Å². The zero-order valence-electron chi connectivity index (χ0n) is 13.7. The predicted molar refractivity (Wildman–Crippen MR) is 90.4 cm³/mol. The summed E-state index contributed by atoms with van der Waals surface area (Å²) in [4.78, 5) is 0. The molecule has 1 aliphatic carbocycles. The van der Waals surface area contributed by atoms with Crippen molar-refractivity contribution in [2.24, 2.45) is 5.92 Å². The first-order chi connectivity index (χ1) is 10.3. The first-order valence-electron chi connectivity index (χ1n) is 9.03. The molecule has 0 bridgehead atoms. The molecular formula is C20H32O. The van der Waals surface area contributed by atoms with E-state index in [1.807, 2.05) is 0 Å². The summed E-state index contributed by atoms with van der Waals surface area (Å²) in [6, 6.07) is 8.60. The second kappa shape index (κ2) is 9.25. The molecule has 1 saturated carbocycles. The Labute approximate surface area is 130 Å². The zero-order valence-corrected chi connectivity index (χ0v) is 13.7. The van der Waals surface area contributed by atoms with E-state index in [0.717, 1.165) is 17.4 Å². The third-order valence-corrected chi connectivity index (χ3v) is 5.20. The Morgan fingerprint density at radius 3 is 2.19 bits per heavy atom. The highest BCUT2D eigenvalue weighted by atomic mass is 16.3. The number of aliphatic hydroxyl groups is 1. The summed E-state index contributed by atoms with van der Waals surface area (Å²) in [5.74, 6) is 1.74. The summed E-state index contributed by atoms with van der Waals surface area (Å²) in [5.41, 5.74) is 2.51. The Morgan fingerprint density at radius 2 is 1.57 bits per heavy atom. The smallest absolute Gasteiger partial charge is 0.0681 e. The van der Waals surface area contributed by atoms with Gasteiger partial charge in [-0.3, -0.25) is 0 Å². The van der Waals surface area contributed by atoms with E-state index in [1.165, 1.54) is 69.8 Å². The maximum Gasteiger partial charge on any atom is 0.0681 e. The van der Waals surface area contributed by atoms with Gasteiger partial charge in [0.2, 0.25) is 0 Å². The van der Waals surface area contributed by atoms with E-state index in [4.69, 9.17) is 5.11 Å². The molecule has 0 heterocycles. The minimum atomic E-state index is 0.158. The predicted octanol–water partition coefficient (Wildman–Crippen LogP) is 5.81. The lowest BCUT2D eigenvalue weighted by Gasteiger charge is -2.29. The van der Waals surface area contributed by atoms with Gasteiger partial charge >= 0.3 is 0 Å². The van der Waals surface area contributed by atoms with Crippen molar-refractivity contribution in [3.63, 3.8) is 0 Å². The Balaban J connectivity index is 1.67. The van der Waals surface area contributed by atoms with Crippen LogP contribution < -0.4 is 0 Å². The first kappa shape index (κ1) is 16.5. The van der Waals surface area contributed by atoms with Crippen LogP contribution in [-0.4, -0.2) is 5.11 Å². The number of benzene rings is 1. The lowest BCUT2D eigenvalue weighted by molar-refractivity contribution is 0.281. The average molecular weight is 288 g/mol. The minimum absolute atomic E-state index is 0.158. The molecule has 21 heavy (non-hydrogen) atoms. The average Bonchev–Trinajstić information content (AvgIpc) is 2.55. The maximum atomic E-state index is 9.11. The number of hydrogen-bond acceptors (Lipinski definition) is 1. The molecule has 0 saturated heterocycles. The maximum absolute atomic E-state index is 9.11. The van der Waals surface area contributed by atoms with Gasteiger partial charge in [-0.05, 0) is 48.6 Å². The fourth-order valence-electron chi connectivity index (χ4n) is 3.72. The van der Waals surface area contributed by atoms with Crippen molar-refractivity contribution in [2.75, 3.05) is 0 Å². The summed E-state index contributed by atoms with van der Waals surface area (Å²) in [6.45, 7) is 2.44. The highest BCUT2D eigenvalue weighted by molar-refractivity contribution is 5.25. The topological polar surface area (TPSA) is 20.2 Å². The zero-order chi connectivity index (χ0) is 14.9. The molecule has 1 nitrogen and oxygen atoms in total. The molecule has 2 rings (SSSR count). The van der Waals surface area contributed by atoms with Gasteiger partial charge in [0, 0.05) is 0 Å². The lowest BCUT2D eigenvalue weighted by Crippen LogP contribution is -2.13. The molecule has 0 aromatic heterocycles. The van der Waals surface area contributed by atoms with Crippen LogP contribution in [0.15, 0.2) is 24.3 Å². The van der Waals surface area contributed by atoms with Crippen molar-refractivity contribution >= 4 is 0 Å². The van der Waals surface area contributed by atoms with Crippen LogP contribution in [-0.2, 0) is 6.61 Å². The number of aliphatic hydroxyl groups excluding tert-OH is 1. The van der Waals surface area contributed by atoms with E-state index in [2.05, 4.69) is 31.2 Å². The van der Waals surface area contributed by atoms with E-state index in [0.29, 0.717) is 0 Å². The minimum Gasteiger partial charge on any atom is -0.392 e. The van der Waals surface area contributed by atoms with Gasteiger partial charge in [0.25, 0.3) is 0 Å². The second-order valence-corrected chi connectivity index (χ2v) is 6.82. The summed E-state index contributed by atoms with van der Waals surface area (Å²) >= 11 is 0. The van der Waals surface area contributed by atoms with Gasteiger partial charge in [0.05, 0.1) is 6.61 Å². The Kier molecular flexibility index (Phi) is 7.29. The van der Waals surface area contributed by atoms with Gasteiger partial charge in [0.15, 0.2) is 0 Å². The van der Waals surface area contributed by atoms with Gasteiger partial charge in [-0.15, -0.1) is 0 Å². The van der Waals surface area contributed by atoms with Crippen molar-refractivity contribution < 1.29 is 5.11 Å². The standard InChI is InChI=1S/C20H32O/c1-2-3-4-5-6-7-17-8-12-19(13-9-17)20-14-10-18(16-21)11-15-20/h10-11,14-15,17,19,21H,2-9,12-13,16H2,1H3. The van der Waals surface area contributed by atoms with E-state index >= 15 is 0 Å². The number of unbranched alkanes of at least 4 members (excludes halogenated alkanes) is 4. The molecule has 0 unspecified atom stereocenters. The molecule has 1 aliphatic rings. The molecule has 0 aliphatic heterocycles. The highest BCUT2D eigenvalue weighted by Gasteiger charge is 2.21. The molecule has 1 aromatic rings. The fourth-order valence-corrected chi connectivity index (χ4v) is 3.72. The molecule has 118 valence electrons. The van der Waals surface area contributed by atoms with Gasteiger partial charge in [-0.1, -0.05) is 69.7 Å². The van der Waals surface area contributed by atoms with Crippen LogP contribution in [0.3, 0.4) is 0 Å².